The summed E-state index contributed by atoms with van der Waals surface area (Å²) < 4.78 is 41.7. The van der Waals surface area contributed by atoms with E-state index in [1.807, 2.05) is 6.92 Å². The fraction of sp³-hybridized carbons (Fsp3) is 0.900. The summed E-state index contributed by atoms with van der Waals surface area (Å²) >= 11 is 4.93. The molecule has 0 aliphatic rings. The van der Waals surface area contributed by atoms with Crippen molar-refractivity contribution in [3.05, 3.63) is 0 Å². The normalized spacial score (nSPS) is 11.4. The van der Waals surface area contributed by atoms with Crippen LogP contribution in [0.1, 0.15) is 19.8 Å². The van der Waals surface area contributed by atoms with Crippen LogP contribution >= 0.6 is 12.2 Å². The molecule has 0 aliphatic heterocycles. The number of halogens is 3. The molecule has 0 rings (SSSR count). The van der Waals surface area contributed by atoms with Gasteiger partial charge in [-0.05, 0) is 25.1 Å². The largest absolute Gasteiger partial charge is 0.406 e. The van der Waals surface area contributed by atoms with E-state index < -0.39 is 12.7 Å². The van der Waals surface area contributed by atoms with Crippen LogP contribution in [0.5, 0.6) is 0 Å². The Balaban J connectivity index is 4.06. The number of nitrogens with one attached hydrogen (secondary N) is 1. The second kappa shape index (κ2) is 8.52. The van der Waals surface area contributed by atoms with Crippen LogP contribution < -0.4 is 5.32 Å². The number of thiocarbonyl (C=S) groups is 1. The average Bonchev–Trinajstić information content (AvgIpc) is 2.21. The Kier molecular flexibility index (Phi) is 8.24. The van der Waals surface area contributed by atoms with Gasteiger partial charge in [-0.3, -0.25) is 0 Å². The molecule has 0 saturated heterocycles. The molecule has 7 heteroatoms. The third kappa shape index (κ3) is 9.17. The Morgan fingerprint density at radius 3 is 2.53 bits per heavy atom. The Morgan fingerprint density at radius 1 is 1.41 bits per heavy atom. The van der Waals surface area contributed by atoms with E-state index >= 15 is 0 Å². The zero-order valence-corrected chi connectivity index (χ0v) is 11.0. The summed E-state index contributed by atoms with van der Waals surface area (Å²) in [4.78, 5) is 1.14. The molecule has 0 unspecified atom stereocenters. The highest BCUT2D eigenvalue weighted by Gasteiger charge is 2.31. The standard InChI is InChI=1S/C10H19F3N2OS/c1-3-6-15(8-10(11,12)13)9(17)14-5-4-7-16-2/h3-8H2,1-2H3,(H,14,17). The van der Waals surface area contributed by atoms with Crippen LogP contribution in [0.3, 0.4) is 0 Å². The smallest absolute Gasteiger partial charge is 0.385 e. The molecule has 0 aromatic carbocycles. The number of rotatable bonds is 7. The summed E-state index contributed by atoms with van der Waals surface area (Å²) in [7, 11) is 1.57. The number of hydrogen-bond acceptors (Lipinski definition) is 2. The second-order valence-corrected chi connectivity index (χ2v) is 4.00. The van der Waals surface area contributed by atoms with Crippen molar-refractivity contribution < 1.29 is 17.9 Å². The van der Waals surface area contributed by atoms with Crippen LogP contribution in [0.15, 0.2) is 0 Å². The molecular weight excluding hydrogens is 253 g/mol. The van der Waals surface area contributed by atoms with E-state index in [1.165, 1.54) is 0 Å². The van der Waals surface area contributed by atoms with Gasteiger partial charge in [-0.25, -0.2) is 0 Å². The highest BCUT2D eigenvalue weighted by Crippen LogP contribution is 2.16. The highest BCUT2D eigenvalue weighted by molar-refractivity contribution is 7.80. The van der Waals surface area contributed by atoms with Crippen molar-refractivity contribution in [1.82, 2.24) is 10.2 Å². The number of methoxy groups -OCH3 is 1. The number of nitrogens with zero attached hydrogens (tertiary/aromatic N) is 1. The molecule has 1 N–H and O–H groups in total. The molecule has 102 valence electrons. The van der Waals surface area contributed by atoms with Crippen molar-refractivity contribution in [2.75, 3.05) is 33.4 Å². The van der Waals surface area contributed by atoms with Gasteiger partial charge in [0.2, 0.25) is 0 Å². The van der Waals surface area contributed by atoms with E-state index in [2.05, 4.69) is 5.32 Å². The Morgan fingerprint density at radius 2 is 2.06 bits per heavy atom. The predicted molar refractivity (Wildman–Crippen MR) is 65.0 cm³/mol. The van der Waals surface area contributed by atoms with Gasteiger partial charge in [0.1, 0.15) is 6.54 Å². The zero-order valence-electron chi connectivity index (χ0n) is 10.1. The molecule has 0 amide bonds. The monoisotopic (exact) mass is 272 g/mol. The summed E-state index contributed by atoms with van der Waals surface area (Å²) in [5.74, 6) is 0. The number of ether oxygens (including phenoxy) is 1. The minimum Gasteiger partial charge on any atom is -0.385 e. The van der Waals surface area contributed by atoms with Crippen LogP contribution in [0.4, 0.5) is 13.2 Å². The van der Waals surface area contributed by atoms with Crippen LogP contribution in [-0.4, -0.2) is 49.5 Å². The SMILES string of the molecule is CCCN(CC(F)(F)F)C(=S)NCCCOC. The molecule has 0 fully saturated rings. The lowest BCUT2D eigenvalue weighted by Crippen LogP contribution is -2.45. The first-order valence-electron chi connectivity index (χ1n) is 5.49. The third-order valence-electron chi connectivity index (χ3n) is 1.95. The van der Waals surface area contributed by atoms with E-state index in [0.29, 0.717) is 32.5 Å². The van der Waals surface area contributed by atoms with E-state index in [1.54, 1.807) is 7.11 Å². The predicted octanol–water partition coefficient (Wildman–Crippen LogP) is 2.17. The first-order chi connectivity index (χ1) is 7.90. The van der Waals surface area contributed by atoms with Gasteiger partial charge in [0.15, 0.2) is 5.11 Å². The molecular formula is C10H19F3N2OS. The second-order valence-electron chi connectivity index (χ2n) is 3.62. The van der Waals surface area contributed by atoms with Crippen molar-refractivity contribution in [2.24, 2.45) is 0 Å². The van der Waals surface area contributed by atoms with Gasteiger partial charge in [0, 0.05) is 26.8 Å². The molecule has 0 aromatic heterocycles. The maximum absolute atomic E-state index is 12.3. The fourth-order valence-electron chi connectivity index (χ4n) is 1.26. The van der Waals surface area contributed by atoms with Gasteiger partial charge in [0.05, 0.1) is 0 Å². The molecule has 0 radical (unpaired) electrons. The molecule has 17 heavy (non-hydrogen) atoms. The highest BCUT2D eigenvalue weighted by atomic mass is 32.1. The Bertz CT molecular complexity index is 224. The third-order valence-corrected chi connectivity index (χ3v) is 2.35. The quantitative estimate of drug-likeness (QED) is 0.567. The van der Waals surface area contributed by atoms with E-state index in [9.17, 15) is 13.2 Å². The van der Waals surface area contributed by atoms with Gasteiger partial charge in [-0.15, -0.1) is 0 Å². The maximum Gasteiger partial charge on any atom is 0.406 e. The Labute approximate surface area is 105 Å². The van der Waals surface area contributed by atoms with Crippen molar-refractivity contribution in [1.29, 1.82) is 0 Å². The zero-order chi connectivity index (χ0) is 13.3. The molecule has 0 spiro atoms. The summed E-state index contributed by atoms with van der Waals surface area (Å²) in [6, 6.07) is 0. The summed E-state index contributed by atoms with van der Waals surface area (Å²) in [5, 5.41) is 2.96. The van der Waals surface area contributed by atoms with Crippen molar-refractivity contribution in [2.45, 2.75) is 25.9 Å². The molecule has 0 atom stereocenters. The number of hydrogen-bond donors (Lipinski definition) is 1. The van der Waals surface area contributed by atoms with Crippen molar-refractivity contribution in [3.63, 3.8) is 0 Å². The van der Waals surface area contributed by atoms with Gasteiger partial charge in [-0.1, -0.05) is 6.92 Å². The summed E-state index contributed by atoms with van der Waals surface area (Å²) in [5.41, 5.74) is 0. The molecule has 0 saturated carbocycles. The van der Waals surface area contributed by atoms with Gasteiger partial charge in [0.25, 0.3) is 0 Å². The van der Waals surface area contributed by atoms with E-state index in [4.69, 9.17) is 17.0 Å². The maximum atomic E-state index is 12.3. The lowest BCUT2D eigenvalue weighted by Gasteiger charge is -2.26. The van der Waals surface area contributed by atoms with Gasteiger partial charge in [-0.2, -0.15) is 13.2 Å². The molecule has 0 aliphatic carbocycles. The first-order valence-corrected chi connectivity index (χ1v) is 5.90. The minimum atomic E-state index is -4.23. The van der Waals surface area contributed by atoms with Gasteiger partial charge < -0.3 is 15.0 Å². The van der Waals surface area contributed by atoms with Crippen LogP contribution in [0.2, 0.25) is 0 Å². The Hall–Kier alpha value is -0.560. The molecule has 0 bridgehead atoms. The fourth-order valence-corrected chi connectivity index (χ4v) is 1.52. The van der Waals surface area contributed by atoms with Crippen molar-refractivity contribution >= 4 is 17.3 Å². The molecule has 0 heterocycles. The van der Waals surface area contributed by atoms with Gasteiger partial charge >= 0.3 is 6.18 Å². The number of alkyl halides is 3. The van der Waals surface area contributed by atoms with E-state index in [-0.39, 0.29) is 5.11 Å². The minimum absolute atomic E-state index is 0.153. The van der Waals surface area contributed by atoms with Crippen LogP contribution in [0.25, 0.3) is 0 Å². The van der Waals surface area contributed by atoms with E-state index in [0.717, 1.165) is 4.90 Å². The van der Waals surface area contributed by atoms with Crippen molar-refractivity contribution in [3.8, 4) is 0 Å². The lowest BCUT2D eigenvalue weighted by atomic mass is 10.4. The molecule has 0 aromatic rings. The summed E-state index contributed by atoms with van der Waals surface area (Å²) in [6.07, 6.45) is -2.90. The topological polar surface area (TPSA) is 24.5 Å². The first kappa shape index (κ1) is 16.4. The lowest BCUT2D eigenvalue weighted by molar-refractivity contribution is -0.137. The van der Waals surface area contributed by atoms with Crippen LogP contribution in [0, 0.1) is 0 Å². The average molecular weight is 272 g/mol. The molecule has 3 nitrogen and oxygen atoms in total. The summed E-state index contributed by atoms with van der Waals surface area (Å²) in [6.45, 7) is 2.19. The van der Waals surface area contributed by atoms with Crippen LogP contribution in [-0.2, 0) is 4.74 Å².